The van der Waals surface area contributed by atoms with Crippen LogP contribution < -0.4 is 0 Å². The summed E-state index contributed by atoms with van der Waals surface area (Å²) >= 11 is 0. The van der Waals surface area contributed by atoms with Crippen molar-refractivity contribution in [3.8, 4) is 0 Å². The number of aromatic nitrogens is 1. The third kappa shape index (κ3) is 2.05. The average molecular weight is 218 g/mol. The molecule has 86 valence electrons. The zero-order valence-corrected chi connectivity index (χ0v) is 9.83. The minimum absolute atomic E-state index is 0.964. The Bertz CT molecular complexity index is 403. The van der Waals surface area contributed by atoms with E-state index >= 15 is 0 Å². The van der Waals surface area contributed by atoms with E-state index in [0.717, 1.165) is 12.3 Å². The Balaban J connectivity index is 1.58. The molecule has 3 nitrogen and oxygen atoms in total. The summed E-state index contributed by atoms with van der Waals surface area (Å²) < 4.78 is 5.09. The first-order valence-corrected chi connectivity index (χ1v) is 6.15. The van der Waals surface area contributed by atoms with E-state index in [-0.39, 0.29) is 0 Å². The minimum Gasteiger partial charge on any atom is -0.361 e. The van der Waals surface area contributed by atoms with Crippen molar-refractivity contribution in [1.82, 2.24) is 10.1 Å². The molecule has 1 aliphatic heterocycles. The van der Waals surface area contributed by atoms with E-state index in [2.05, 4.69) is 10.1 Å². The van der Waals surface area contributed by atoms with Gasteiger partial charge in [-0.3, -0.25) is 4.90 Å². The smallest absolute Gasteiger partial charge is 0.138 e. The highest BCUT2D eigenvalue weighted by Crippen LogP contribution is 2.36. The number of hydrogen-bond acceptors (Lipinski definition) is 3. The van der Waals surface area contributed by atoms with E-state index < -0.39 is 0 Å². The van der Waals surface area contributed by atoms with E-state index in [4.69, 9.17) is 4.52 Å². The van der Waals surface area contributed by atoms with E-state index in [0.29, 0.717) is 0 Å². The fourth-order valence-electron chi connectivity index (χ4n) is 2.46. The number of rotatable bonds is 2. The highest BCUT2D eigenvalue weighted by atomic mass is 16.5. The molecule has 0 atom stereocenters. The van der Waals surface area contributed by atoms with Gasteiger partial charge in [-0.1, -0.05) is 16.3 Å². The summed E-state index contributed by atoms with van der Waals surface area (Å²) in [6.07, 6.45) is 7.16. The fourth-order valence-corrected chi connectivity index (χ4v) is 2.46. The summed E-state index contributed by atoms with van der Waals surface area (Å²) in [6, 6.07) is 0. The first-order chi connectivity index (χ1) is 7.83. The number of likely N-dealkylation sites (tertiary alicyclic amines) is 1. The molecular formula is C13H18N2O. The van der Waals surface area contributed by atoms with Crippen molar-refractivity contribution < 1.29 is 4.52 Å². The third-order valence-electron chi connectivity index (χ3n) is 3.70. The first-order valence-electron chi connectivity index (χ1n) is 6.15. The number of allylic oxidation sites excluding steroid dienone is 1. The van der Waals surface area contributed by atoms with Crippen LogP contribution in [-0.2, 0) is 6.54 Å². The van der Waals surface area contributed by atoms with Gasteiger partial charge in [0.2, 0.25) is 0 Å². The zero-order chi connectivity index (χ0) is 11.0. The van der Waals surface area contributed by atoms with Gasteiger partial charge in [0.15, 0.2) is 0 Å². The third-order valence-corrected chi connectivity index (χ3v) is 3.70. The Morgan fingerprint density at radius 1 is 1.19 bits per heavy atom. The van der Waals surface area contributed by atoms with Crippen molar-refractivity contribution in [3.63, 3.8) is 0 Å². The molecule has 0 aromatic carbocycles. The maximum absolute atomic E-state index is 5.09. The van der Waals surface area contributed by atoms with Crippen LogP contribution in [0.25, 0.3) is 0 Å². The zero-order valence-electron chi connectivity index (χ0n) is 9.83. The van der Waals surface area contributed by atoms with Crippen LogP contribution in [-0.4, -0.2) is 23.1 Å². The molecule has 2 aliphatic rings. The second-order valence-corrected chi connectivity index (χ2v) is 4.89. The maximum Gasteiger partial charge on any atom is 0.138 e. The predicted molar refractivity (Wildman–Crippen MR) is 62.0 cm³/mol. The SMILES string of the molecule is Cc1oncc1CN1CCC(=C2CC2)CC1. The van der Waals surface area contributed by atoms with Crippen LogP contribution in [0.2, 0.25) is 0 Å². The Morgan fingerprint density at radius 3 is 2.44 bits per heavy atom. The summed E-state index contributed by atoms with van der Waals surface area (Å²) in [6.45, 7) is 5.38. The van der Waals surface area contributed by atoms with Gasteiger partial charge in [-0.05, 0) is 32.6 Å². The lowest BCUT2D eigenvalue weighted by molar-refractivity contribution is 0.246. The molecule has 1 aromatic heterocycles. The van der Waals surface area contributed by atoms with Crippen LogP contribution in [0.4, 0.5) is 0 Å². The normalized spacial score (nSPS) is 21.6. The van der Waals surface area contributed by atoms with Gasteiger partial charge in [0.05, 0.1) is 6.20 Å². The number of aryl methyl sites for hydroxylation is 1. The summed E-state index contributed by atoms with van der Waals surface area (Å²) in [7, 11) is 0. The van der Waals surface area contributed by atoms with Gasteiger partial charge < -0.3 is 4.52 Å². The molecule has 1 saturated heterocycles. The summed E-state index contributed by atoms with van der Waals surface area (Å²) in [4.78, 5) is 2.51. The van der Waals surface area contributed by atoms with Gasteiger partial charge in [0.25, 0.3) is 0 Å². The highest BCUT2D eigenvalue weighted by Gasteiger charge is 2.22. The molecule has 1 saturated carbocycles. The quantitative estimate of drug-likeness (QED) is 0.715. The molecule has 0 amide bonds. The topological polar surface area (TPSA) is 29.3 Å². The monoisotopic (exact) mass is 218 g/mol. The van der Waals surface area contributed by atoms with Crippen LogP contribution >= 0.6 is 0 Å². The Kier molecular flexibility index (Phi) is 2.56. The van der Waals surface area contributed by atoms with Gasteiger partial charge in [-0.25, -0.2) is 0 Å². The van der Waals surface area contributed by atoms with Gasteiger partial charge in [0.1, 0.15) is 5.76 Å². The number of hydrogen-bond donors (Lipinski definition) is 0. The van der Waals surface area contributed by atoms with Gasteiger partial charge in [0, 0.05) is 25.2 Å². The van der Waals surface area contributed by atoms with Crippen molar-refractivity contribution in [2.45, 2.75) is 39.2 Å². The first kappa shape index (κ1) is 10.1. The van der Waals surface area contributed by atoms with Crippen LogP contribution in [0.5, 0.6) is 0 Å². The molecule has 0 spiro atoms. The summed E-state index contributed by atoms with van der Waals surface area (Å²) in [5.41, 5.74) is 4.74. The van der Waals surface area contributed by atoms with Crippen LogP contribution in [0.15, 0.2) is 21.9 Å². The predicted octanol–water partition coefficient (Wildman–Crippen LogP) is 2.67. The van der Waals surface area contributed by atoms with Crippen LogP contribution in [0.1, 0.15) is 37.0 Å². The lowest BCUT2D eigenvalue weighted by Gasteiger charge is -2.28. The van der Waals surface area contributed by atoms with Gasteiger partial charge >= 0.3 is 0 Å². The molecule has 1 aliphatic carbocycles. The molecule has 0 N–H and O–H groups in total. The largest absolute Gasteiger partial charge is 0.361 e. The van der Waals surface area contributed by atoms with Crippen LogP contribution in [0, 0.1) is 6.92 Å². The highest BCUT2D eigenvalue weighted by molar-refractivity contribution is 5.26. The molecule has 3 rings (SSSR count). The van der Waals surface area contributed by atoms with Crippen molar-refractivity contribution in [1.29, 1.82) is 0 Å². The molecule has 0 radical (unpaired) electrons. The standard InChI is InChI=1S/C13H18N2O/c1-10-13(8-14-16-10)9-15-6-4-12(5-7-15)11-2-3-11/h8H,2-7,9H2,1H3. The van der Waals surface area contributed by atoms with Crippen molar-refractivity contribution in [3.05, 3.63) is 28.7 Å². The summed E-state index contributed by atoms with van der Waals surface area (Å²) in [5, 5.41) is 3.83. The van der Waals surface area contributed by atoms with Gasteiger partial charge in [-0.15, -0.1) is 0 Å². The Morgan fingerprint density at radius 2 is 1.88 bits per heavy atom. The van der Waals surface area contributed by atoms with Crippen molar-refractivity contribution in [2.24, 2.45) is 0 Å². The molecule has 0 bridgehead atoms. The van der Waals surface area contributed by atoms with E-state index in [1.165, 1.54) is 44.3 Å². The second-order valence-electron chi connectivity index (χ2n) is 4.89. The number of piperidine rings is 1. The average Bonchev–Trinajstić information content (AvgIpc) is 3.07. The molecule has 16 heavy (non-hydrogen) atoms. The Hall–Kier alpha value is -1.09. The molecular weight excluding hydrogens is 200 g/mol. The lowest BCUT2D eigenvalue weighted by Crippen LogP contribution is -2.30. The second kappa shape index (κ2) is 4.06. The molecule has 2 heterocycles. The number of nitrogens with zero attached hydrogens (tertiary/aromatic N) is 2. The van der Waals surface area contributed by atoms with Gasteiger partial charge in [-0.2, -0.15) is 0 Å². The molecule has 3 heteroatoms. The van der Waals surface area contributed by atoms with Crippen LogP contribution in [0.3, 0.4) is 0 Å². The minimum atomic E-state index is 0.964. The molecule has 0 unspecified atom stereocenters. The van der Waals surface area contributed by atoms with E-state index in [9.17, 15) is 0 Å². The molecule has 1 aromatic rings. The molecule has 2 fully saturated rings. The van der Waals surface area contributed by atoms with Crippen molar-refractivity contribution in [2.75, 3.05) is 13.1 Å². The van der Waals surface area contributed by atoms with E-state index in [1.807, 2.05) is 13.1 Å². The fraction of sp³-hybridized carbons (Fsp3) is 0.615. The summed E-state index contributed by atoms with van der Waals surface area (Å²) in [5.74, 6) is 0.964. The van der Waals surface area contributed by atoms with E-state index in [1.54, 1.807) is 11.1 Å². The maximum atomic E-state index is 5.09. The lowest BCUT2D eigenvalue weighted by atomic mass is 10.0. The Labute approximate surface area is 96.1 Å². The van der Waals surface area contributed by atoms with Crippen molar-refractivity contribution >= 4 is 0 Å².